The molecule has 2 N–H and O–H groups in total. The van der Waals surface area contributed by atoms with E-state index in [1.807, 2.05) is 0 Å². The van der Waals surface area contributed by atoms with Gasteiger partial charge in [-0.15, -0.1) is 0 Å². The minimum atomic E-state index is -0.337. The molecular weight excluding hydrogens is 399 g/mol. The molecule has 1 aliphatic carbocycles. The maximum absolute atomic E-state index is 11.9. The first-order chi connectivity index (χ1) is 13.5. The third kappa shape index (κ3) is 6.19. The number of amides is 2. The molecule has 0 saturated heterocycles. The van der Waals surface area contributed by atoms with Gasteiger partial charge in [-0.1, -0.05) is 29.1 Å². The van der Waals surface area contributed by atoms with E-state index in [2.05, 4.69) is 22.5 Å². The molecular formula is C21H18Cl2N2O3. The predicted octanol–water partition coefficient (Wildman–Crippen LogP) is 3.19. The van der Waals surface area contributed by atoms with E-state index in [0.717, 1.165) is 5.56 Å². The van der Waals surface area contributed by atoms with Gasteiger partial charge in [0.05, 0.1) is 0 Å². The quantitative estimate of drug-likeness (QED) is 0.735. The second kappa shape index (κ2) is 9.50. The lowest BCUT2D eigenvalue weighted by molar-refractivity contribution is -0.124. The van der Waals surface area contributed by atoms with Gasteiger partial charge in [-0.05, 0) is 61.4 Å². The van der Waals surface area contributed by atoms with Crippen molar-refractivity contribution in [1.29, 1.82) is 0 Å². The van der Waals surface area contributed by atoms with Crippen molar-refractivity contribution in [3.8, 4) is 17.6 Å². The van der Waals surface area contributed by atoms with Gasteiger partial charge in [0.15, 0.2) is 6.61 Å². The molecule has 0 aromatic heterocycles. The van der Waals surface area contributed by atoms with E-state index in [9.17, 15) is 9.59 Å². The summed E-state index contributed by atoms with van der Waals surface area (Å²) in [5.41, 5.74) is 0.721. The molecule has 28 heavy (non-hydrogen) atoms. The molecule has 2 aromatic carbocycles. The van der Waals surface area contributed by atoms with Gasteiger partial charge < -0.3 is 15.4 Å². The van der Waals surface area contributed by atoms with Crippen molar-refractivity contribution in [3.63, 3.8) is 0 Å². The molecule has 0 heterocycles. The molecule has 3 rings (SSSR count). The summed E-state index contributed by atoms with van der Waals surface area (Å²) in [7, 11) is 0. The van der Waals surface area contributed by atoms with Gasteiger partial charge in [-0.2, -0.15) is 0 Å². The Morgan fingerprint density at radius 3 is 2.14 bits per heavy atom. The highest BCUT2D eigenvalue weighted by molar-refractivity contribution is 6.30. The second-order valence-corrected chi connectivity index (χ2v) is 7.28. The number of hydrogen-bond acceptors (Lipinski definition) is 3. The maximum atomic E-state index is 11.9. The average Bonchev–Trinajstić information content (AvgIpc) is 2.65. The number of carbonyl (C=O) groups is 2. The summed E-state index contributed by atoms with van der Waals surface area (Å²) in [6, 6.07) is 13.8. The van der Waals surface area contributed by atoms with Crippen LogP contribution in [0.1, 0.15) is 18.4 Å². The zero-order valence-corrected chi connectivity index (χ0v) is 16.4. The summed E-state index contributed by atoms with van der Waals surface area (Å²) < 4.78 is 5.40. The van der Waals surface area contributed by atoms with E-state index in [4.69, 9.17) is 27.9 Å². The van der Waals surface area contributed by atoms with Crippen LogP contribution in [0.2, 0.25) is 10.0 Å². The van der Waals surface area contributed by atoms with Crippen LogP contribution in [0.5, 0.6) is 5.75 Å². The second-order valence-electron chi connectivity index (χ2n) is 6.41. The fourth-order valence-electron chi connectivity index (χ4n) is 2.69. The molecule has 2 amide bonds. The van der Waals surface area contributed by atoms with Crippen LogP contribution >= 0.6 is 23.2 Å². The summed E-state index contributed by atoms with van der Waals surface area (Å²) in [6.07, 6.45) is 1.34. The van der Waals surface area contributed by atoms with Gasteiger partial charge in [0.25, 0.3) is 11.8 Å². The Labute approximate surface area is 173 Å². The average molecular weight is 417 g/mol. The SMILES string of the molecule is O=C(C#Cc1ccc(Cl)cc1)NC1CC(NC(=O)COc2ccc(Cl)cc2)C1. The molecule has 1 aliphatic rings. The van der Waals surface area contributed by atoms with E-state index in [0.29, 0.717) is 28.6 Å². The van der Waals surface area contributed by atoms with E-state index < -0.39 is 0 Å². The molecule has 0 radical (unpaired) electrons. The highest BCUT2D eigenvalue weighted by Crippen LogP contribution is 2.20. The van der Waals surface area contributed by atoms with Crippen LogP contribution in [0, 0.1) is 11.8 Å². The van der Waals surface area contributed by atoms with Crippen molar-refractivity contribution in [2.24, 2.45) is 0 Å². The number of hydrogen-bond donors (Lipinski definition) is 2. The molecule has 1 saturated carbocycles. The lowest BCUT2D eigenvalue weighted by Crippen LogP contribution is -2.54. The molecule has 5 nitrogen and oxygen atoms in total. The highest BCUT2D eigenvalue weighted by Gasteiger charge is 2.31. The van der Waals surface area contributed by atoms with Crippen LogP contribution in [-0.2, 0) is 9.59 Å². The first-order valence-corrected chi connectivity index (χ1v) is 9.49. The molecule has 1 fully saturated rings. The fraction of sp³-hybridized carbons (Fsp3) is 0.238. The van der Waals surface area contributed by atoms with Gasteiger partial charge in [0.1, 0.15) is 5.75 Å². The molecule has 0 aliphatic heterocycles. The zero-order valence-electron chi connectivity index (χ0n) is 14.9. The van der Waals surface area contributed by atoms with Gasteiger partial charge in [0.2, 0.25) is 0 Å². The number of benzene rings is 2. The van der Waals surface area contributed by atoms with Crippen molar-refractivity contribution in [2.75, 3.05) is 6.61 Å². The Morgan fingerprint density at radius 1 is 0.929 bits per heavy atom. The molecule has 144 valence electrons. The zero-order chi connectivity index (χ0) is 19.9. The van der Waals surface area contributed by atoms with Crippen LogP contribution in [-0.4, -0.2) is 30.5 Å². The van der Waals surface area contributed by atoms with E-state index in [1.165, 1.54) is 0 Å². The van der Waals surface area contributed by atoms with Crippen LogP contribution < -0.4 is 15.4 Å². The lowest BCUT2D eigenvalue weighted by Gasteiger charge is -2.35. The number of halogens is 2. The van der Waals surface area contributed by atoms with Gasteiger partial charge in [-0.25, -0.2) is 0 Å². The smallest absolute Gasteiger partial charge is 0.296 e. The van der Waals surface area contributed by atoms with Crippen LogP contribution in [0.25, 0.3) is 0 Å². The van der Waals surface area contributed by atoms with Crippen molar-refractivity contribution < 1.29 is 14.3 Å². The lowest BCUT2D eigenvalue weighted by atomic mass is 9.86. The number of carbonyl (C=O) groups excluding carboxylic acids is 2. The van der Waals surface area contributed by atoms with E-state index in [1.54, 1.807) is 48.5 Å². The van der Waals surface area contributed by atoms with Crippen molar-refractivity contribution in [1.82, 2.24) is 10.6 Å². The molecule has 2 aromatic rings. The first kappa shape index (κ1) is 20.1. The molecule has 0 unspecified atom stereocenters. The fourth-order valence-corrected chi connectivity index (χ4v) is 2.94. The molecule has 7 heteroatoms. The van der Waals surface area contributed by atoms with Crippen molar-refractivity contribution >= 4 is 35.0 Å². The van der Waals surface area contributed by atoms with Crippen molar-refractivity contribution in [2.45, 2.75) is 24.9 Å². The van der Waals surface area contributed by atoms with E-state index in [-0.39, 0.29) is 30.5 Å². The van der Waals surface area contributed by atoms with Gasteiger partial charge >= 0.3 is 0 Å². The minimum absolute atomic E-state index is 0.00880. The Balaban J connectivity index is 1.34. The van der Waals surface area contributed by atoms with Gasteiger partial charge in [0, 0.05) is 33.6 Å². The van der Waals surface area contributed by atoms with Crippen LogP contribution in [0.15, 0.2) is 48.5 Å². The van der Waals surface area contributed by atoms with Gasteiger partial charge in [-0.3, -0.25) is 9.59 Å². The highest BCUT2D eigenvalue weighted by atomic mass is 35.5. The maximum Gasteiger partial charge on any atom is 0.296 e. The largest absolute Gasteiger partial charge is 0.484 e. The summed E-state index contributed by atoms with van der Waals surface area (Å²) in [5, 5.41) is 6.94. The Bertz CT molecular complexity index is 896. The standard InChI is InChI=1S/C21H18Cl2N2O3/c22-15-4-1-14(2-5-15)3-10-20(26)24-17-11-18(12-17)25-21(27)13-28-19-8-6-16(23)7-9-19/h1-2,4-9,17-18H,11-13H2,(H,24,26)(H,25,27). The summed E-state index contributed by atoms with van der Waals surface area (Å²) in [5.74, 6) is 5.39. The Morgan fingerprint density at radius 2 is 1.50 bits per heavy atom. The number of nitrogens with one attached hydrogen (secondary N) is 2. The number of rotatable bonds is 5. The predicted molar refractivity (Wildman–Crippen MR) is 108 cm³/mol. The molecule has 0 spiro atoms. The summed E-state index contributed by atoms with van der Waals surface area (Å²) in [4.78, 5) is 23.8. The van der Waals surface area contributed by atoms with Crippen LogP contribution in [0.3, 0.4) is 0 Å². The summed E-state index contributed by atoms with van der Waals surface area (Å²) in [6.45, 7) is -0.0677. The monoisotopic (exact) mass is 416 g/mol. The topological polar surface area (TPSA) is 67.4 Å². The molecule has 0 atom stereocenters. The molecule has 0 bridgehead atoms. The van der Waals surface area contributed by atoms with Crippen LogP contribution in [0.4, 0.5) is 0 Å². The Hall–Kier alpha value is -2.68. The third-order valence-electron chi connectivity index (χ3n) is 4.19. The van der Waals surface area contributed by atoms with E-state index >= 15 is 0 Å². The first-order valence-electron chi connectivity index (χ1n) is 8.74. The summed E-state index contributed by atoms with van der Waals surface area (Å²) >= 11 is 11.6. The Kier molecular flexibility index (Phi) is 6.80. The third-order valence-corrected chi connectivity index (χ3v) is 4.69. The minimum Gasteiger partial charge on any atom is -0.484 e. The normalized spacial score (nSPS) is 17.5. The van der Waals surface area contributed by atoms with Crippen molar-refractivity contribution in [3.05, 3.63) is 64.1 Å². The number of ether oxygens (including phenoxy) is 1.